The molecule has 3 N–H and O–H groups in total. The number of hydrogen-bond acceptors (Lipinski definition) is 5. The molecule has 1 aromatic heterocycles. The van der Waals surface area contributed by atoms with Crippen LogP contribution in [-0.2, 0) is 9.59 Å². The van der Waals surface area contributed by atoms with Gasteiger partial charge in [-0.05, 0) is 6.92 Å². The van der Waals surface area contributed by atoms with Crippen molar-refractivity contribution in [3.8, 4) is 0 Å². The number of nitrogens with zero attached hydrogens (tertiary/aromatic N) is 1. The van der Waals surface area contributed by atoms with Gasteiger partial charge in [-0.15, -0.1) is 11.3 Å². The van der Waals surface area contributed by atoms with Gasteiger partial charge in [0, 0.05) is 18.1 Å². The second-order valence-electron chi connectivity index (χ2n) is 3.84. The summed E-state index contributed by atoms with van der Waals surface area (Å²) in [5, 5.41) is 11.1. The van der Waals surface area contributed by atoms with E-state index in [9.17, 15) is 9.59 Å². The first-order valence-electron chi connectivity index (χ1n) is 5.36. The average Bonchev–Trinajstić information content (AvgIpc) is 2.83. The fourth-order valence-electron chi connectivity index (χ4n) is 1.58. The molecule has 0 bridgehead atoms. The smallest absolute Gasteiger partial charge is 0.239 e. The van der Waals surface area contributed by atoms with Crippen molar-refractivity contribution in [2.24, 2.45) is 0 Å². The lowest BCUT2D eigenvalue weighted by atomic mass is 10.2. The number of thiazole rings is 1. The monoisotopic (exact) mass is 254 g/mol. The second-order valence-corrected chi connectivity index (χ2v) is 4.76. The Morgan fingerprint density at radius 1 is 1.71 bits per heavy atom. The first-order valence-corrected chi connectivity index (χ1v) is 6.24. The molecule has 2 unspecified atom stereocenters. The molecule has 0 spiro atoms. The number of carbonyl (C=O) groups is 2. The van der Waals surface area contributed by atoms with Crippen LogP contribution in [0.1, 0.15) is 18.0 Å². The summed E-state index contributed by atoms with van der Waals surface area (Å²) in [4.78, 5) is 26.9. The van der Waals surface area contributed by atoms with Crippen molar-refractivity contribution in [3.05, 3.63) is 16.6 Å². The van der Waals surface area contributed by atoms with Crippen LogP contribution in [0, 0.1) is 0 Å². The van der Waals surface area contributed by atoms with Gasteiger partial charge >= 0.3 is 0 Å². The Morgan fingerprint density at radius 2 is 2.53 bits per heavy atom. The molecule has 2 amide bonds. The number of hydrogen-bond donors (Lipinski definition) is 3. The van der Waals surface area contributed by atoms with Crippen molar-refractivity contribution in [1.82, 2.24) is 20.9 Å². The molecule has 7 heteroatoms. The summed E-state index contributed by atoms with van der Waals surface area (Å²) in [5.41, 5.74) is 0. The predicted molar refractivity (Wildman–Crippen MR) is 63.5 cm³/mol. The molecule has 1 fully saturated rings. The van der Waals surface area contributed by atoms with E-state index in [1.807, 2.05) is 12.3 Å². The topological polar surface area (TPSA) is 83.1 Å². The van der Waals surface area contributed by atoms with E-state index >= 15 is 0 Å². The third kappa shape index (κ3) is 3.01. The fourth-order valence-corrected chi connectivity index (χ4v) is 2.22. The molecule has 0 aromatic carbocycles. The van der Waals surface area contributed by atoms with Gasteiger partial charge in [0.1, 0.15) is 11.0 Å². The van der Waals surface area contributed by atoms with Gasteiger partial charge in [-0.1, -0.05) is 0 Å². The van der Waals surface area contributed by atoms with E-state index in [0.29, 0.717) is 6.54 Å². The minimum Gasteiger partial charge on any atom is -0.353 e. The summed E-state index contributed by atoms with van der Waals surface area (Å²) in [6, 6.07) is -0.475. The second kappa shape index (κ2) is 5.24. The van der Waals surface area contributed by atoms with Crippen molar-refractivity contribution in [3.63, 3.8) is 0 Å². The van der Waals surface area contributed by atoms with Gasteiger partial charge in [0.25, 0.3) is 0 Å². The summed E-state index contributed by atoms with van der Waals surface area (Å²) in [6.07, 6.45) is 1.71. The summed E-state index contributed by atoms with van der Waals surface area (Å²) in [7, 11) is 0. The maximum atomic E-state index is 11.9. The maximum Gasteiger partial charge on any atom is 0.239 e. The van der Waals surface area contributed by atoms with Crippen LogP contribution in [0.4, 0.5) is 0 Å². The van der Waals surface area contributed by atoms with Gasteiger partial charge < -0.3 is 10.6 Å². The van der Waals surface area contributed by atoms with Crippen molar-refractivity contribution in [1.29, 1.82) is 0 Å². The van der Waals surface area contributed by atoms with Gasteiger partial charge in [-0.3, -0.25) is 14.9 Å². The molecule has 92 valence electrons. The van der Waals surface area contributed by atoms with Gasteiger partial charge in [-0.2, -0.15) is 0 Å². The highest BCUT2D eigenvalue weighted by Gasteiger charge is 2.25. The minimum absolute atomic E-state index is 0.0815. The molecule has 1 aliphatic rings. The van der Waals surface area contributed by atoms with Crippen LogP contribution < -0.4 is 16.0 Å². The third-order valence-corrected chi connectivity index (χ3v) is 3.47. The van der Waals surface area contributed by atoms with E-state index in [-0.39, 0.29) is 30.4 Å². The molecule has 1 saturated heterocycles. The van der Waals surface area contributed by atoms with Crippen LogP contribution in [0.5, 0.6) is 0 Å². The van der Waals surface area contributed by atoms with E-state index in [2.05, 4.69) is 20.9 Å². The molecule has 0 radical (unpaired) electrons. The third-order valence-electron chi connectivity index (χ3n) is 2.51. The molecule has 2 heterocycles. The minimum atomic E-state index is -0.366. The molecule has 0 saturated carbocycles. The van der Waals surface area contributed by atoms with Crippen LogP contribution in [0.15, 0.2) is 11.6 Å². The van der Waals surface area contributed by atoms with Crippen LogP contribution in [-0.4, -0.2) is 35.9 Å². The summed E-state index contributed by atoms with van der Waals surface area (Å²) in [6.45, 7) is 2.40. The highest BCUT2D eigenvalue weighted by Crippen LogP contribution is 2.14. The predicted octanol–water partition coefficient (Wildman–Crippen LogP) is -0.592. The normalized spacial score (nSPS) is 21.7. The van der Waals surface area contributed by atoms with Crippen molar-refractivity contribution >= 4 is 23.2 Å². The van der Waals surface area contributed by atoms with Gasteiger partial charge in [0.05, 0.1) is 12.6 Å². The molecule has 6 nitrogen and oxygen atoms in total. The molecule has 1 aliphatic heterocycles. The zero-order valence-electron chi connectivity index (χ0n) is 9.40. The largest absolute Gasteiger partial charge is 0.353 e. The van der Waals surface area contributed by atoms with E-state index in [4.69, 9.17) is 0 Å². The Labute approximate surface area is 103 Å². The SMILES string of the molecule is CC(NC(=O)C1CNC(=O)CN1)c1nccs1. The first-order chi connectivity index (χ1) is 8.16. The molecule has 17 heavy (non-hydrogen) atoms. The standard InChI is InChI=1S/C10H14N4O2S/c1-6(10-11-2-3-17-10)14-9(16)7-4-13-8(15)5-12-7/h2-3,6-7,12H,4-5H2,1H3,(H,13,15)(H,14,16). The van der Waals surface area contributed by atoms with Crippen molar-refractivity contribution in [2.45, 2.75) is 19.0 Å². The Hall–Kier alpha value is -1.47. The average molecular weight is 254 g/mol. The molecule has 2 rings (SSSR count). The van der Waals surface area contributed by atoms with E-state index in [1.165, 1.54) is 11.3 Å². The zero-order valence-corrected chi connectivity index (χ0v) is 10.2. The van der Waals surface area contributed by atoms with Gasteiger partial charge in [-0.25, -0.2) is 4.98 Å². The summed E-state index contributed by atoms with van der Waals surface area (Å²) < 4.78 is 0. The lowest BCUT2D eigenvalue weighted by Crippen LogP contribution is -2.58. The van der Waals surface area contributed by atoms with E-state index in [1.54, 1.807) is 6.20 Å². The number of amides is 2. The van der Waals surface area contributed by atoms with Crippen LogP contribution in [0.3, 0.4) is 0 Å². The quantitative estimate of drug-likeness (QED) is 0.673. The Balaban J connectivity index is 1.86. The van der Waals surface area contributed by atoms with Crippen LogP contribution in [0.2, 0.25) is 0 Å². The molecule has 2 atom stereocenters. The first kappa shape index (κ1) is 12.0. The molecule has 1 aromatic rings. The van der Waals surface area contributed by atoms with Crippen LogP contribution in [0.25, 0.3) is 0 Å². The van der Waals surface area contributed by atoms with Gasteiger partial charge in [0.15, 0.2) is 0 Å². The number of nitrogens with one attached hydrogen (secondary N) is 3. The Kier molecular flexibility index (Phi) is 3.70. The lowest BCUT2D eigenvalue weighted by molar-refractivity contribution is -0.127. The van der Waals surface area contributed by atoms with Crippen molar-refractivity contribution < 1.29 is 9.59 Å². The maximum absolute atomic E-state index is 11.9. The highest BCUT2D eigenvalue weighted by molar-refractivity contribution is 7.09. The van der Waals surface area contributed by atoms with E-state index in [0.717, 1.165) is 5.01 Å². The number of aromatic nitrogens is 1. The Bertz CT molecular complexity index is 396. The summed E-state index contributed by atoms with van der Waals surface area (Å²) in [5.74, 6) is -0.199. The molecular weight excluding hydrogens is 240 g/mol. The number of rotatable bonds is 3. The Morgan fingerprint density at radius 3 is 3.12 bits per heavy atom. The number of piperazine rings is 1. The van der Waals surface area contributed by atoms with E-state index < -0.39 is 0 Å². The number of carbonyl (C=O) groups excluding carboxylic acids is 2. The summed E-state index contributed by atoms with van der Waals surface area (Å²) >= 11 is 1.50. The lowest BCUT2D eigenvalue weighted by Gasteiger charge is -2.24. The van der Waals surface area contributed by atoms with Crippen molar-refractivity contribution in [2.75, 3.05) is 13.1 Å². The highest BCUT2D eigenvalue weighted by atomic mass is 32.1. The fraction of sp³-hybridized carbons (Fsp3) is 0.500. The van der Waals surface area contributed by atoms with Gasteiger partial charge in [0.2, 0.25) is 11.8 Å². The molecular formula is C10H14N4O2S. The van der Waals surface area contributed by atoms with Crippen LogP contribution >= 0.6 is 11.3 Å². The molecule has 0 aliphatic carbocycles. The zero-order chi connectivity index (χ0) is 12.3.